The van der Waals surface area contributed by atoms with Gasteiger partial charge in [0.25, 0.3) is 0 Å². The highest BCUT2D eigenvalue weighted by molar-refractivity contribution is 7.20. The Labute approximate surface area is 134 Å². The Hall–Kier alpha value is -0.0900. The summed E-state index contributed by atoms with van der Waals surface area (Å²) in [6, 6.07) is 2.31. The van der Waals surface area contributed by atoms with E-state index < -0.39 is 0 Å². The average molecular weight is 332 g/mol. The number of halogens is 2. The van der Waals surface area contributed by atoms with Crippen molar-refractivity contribution in [3.05, 3.63) is 20.3 Å². The predicted molar refractivity (Wildman–Crippen MR) is 85.2 cm³/mol. The number of carbonyl (C=O) groups excluding carboxylic acids is 1. The minimum Gasteiger partial charge on any atom is -0.293 e. The highest BCUT2D eigenvalue weighted by atomic mass is 35.5. The van der Waals surface area contributed by atoms with Crippen molar-refractivity contribution < 1.29 is 4.79 Å². The molecule has 110 valence electrons. The molecule has 2 nitrogen and oxygen atoms in total. The zero-order valence-electron chi connectivity index (χ0n) is 11.4. The van der Waals surface area contributed by atoms with Gasteiger partial charge in [0.15, 0.2) is 5.78 Å². The van der Waals surface area contributed by atoms with Gasteiger partial charge in [-0.25, -0.2) is 0 Å². The lowest BCUT2D eigenvalue weighted by Crippen LogP contribution is -2.48. The number of carbonyl (C=O) groups is 1. The van der Waals surface area contributed by atoms with E-state index in [1.807, 2.05) is 0 Å². The summed E-state index contributed by atoms with van der Waals surface area (Å²) in [6.07, 6.45) is 7.79. The van der Waals surface area contributed by atoms with E-state index in [9.17, 15) is 4.79 Å². The number of hydrogen-bond acceptors (Lipinski definition) is 3. The Morgan fingerprint density at radius 1 is 1.25 bits per heavy atom. The van der Waals surface area contributed by atoms with Crippen LogP contribution in [-0.2, 0) is 0 Å². The number of thiophene rings is 1. The van der Waals surface area contributed by atoms with E-state index in [0.717, 1.165) is 12.5 Å². The fraction of sp³-hybridized carbons (Fsp3) is 0.667. The summed E-state index contributed by atoms with van der Waals surface area (Å²) in [5.41, 5.74) is 0.597. The smallest absolute Gasteiger partial charge is 0.179 e. The third-order valence-corrected chi connectivity index (χ3v) is 6.15. The fourth-order valence-electron chi connectivity index (χ4n) is 3.72. The molecule has 20 heavy (non-hydrogen) atoms. The third-order valence-electron chi connectivity index (χ3n) is 4.66. The SMILES string of the molecule is O=C(CN1CCCC2CCCCC21)c1cc(Cl)sc1Cl. The van der Waals surface area contributed by atoms with E-state index in [4.69, 9.17) is 23.2 Å². The molecule has 2 aliphatic rings. The van der Waals surface area contributed by atoms with Crippen molar-refractivity contribution in [3.8, 4) is 0 Å². The van der Waals surface area contributed by atoms with Crippen molar-refractivity contribution in [2.45, 2.75) is 44.6 Å². The van der Waals surface area contributed by atoms with Crippen LogP contribution >= 0.6 is 34.5 Å². The van der Waals surface area contributed by atoms with Gasteiger partial charge in [-0.3, -0.25) is 9.69 Å². The molecule has 3 rings (SSSR count). The van der Waals surface area contributed by atoms with Gasteiger partial charge < -0.3 is 0 Å². The van der Waals surface area contributed by atoms with Gasteiger partial charge in [0.2, 0.25) is 0 Å². The second-order valence-electron chi connectivity index (χ2n) is 5.89. The standard InChI is InChI=1S/C15H19Cl2NOS/c16-14-8-11(15(17)20-14)13(19)9-18-7-3-5-10-4-1-2-6-12(10)18/h8,10,12H,1-7,9H2. The van der Waals surface area contributed by atoms with E-state index in [1.165, 1.54) is 49.9 Å². The number of nitrogens with zero attached hydrogens (tertiary/aromatic N) is 1. The number of Topliss-reactive ketones (excluding diaryl/α,β-unsaturated/α-hetero) is 1. The second kappa shape index (κ2) is 6.35. The molecule has 0 amide bonds. The van der Waals surface area contributed by atoms with Crippen molar-refractivity contribution in [2.75, 3.05) is 13.1 Å². The van der Waals surface area contributed by atoms with Gasteiger partial charge in [-0.15, -0.1) is 11.3 Å². The van der Waals surface area contributed by atoms with E-state index >= 15 is 0 Å². The molecule has 1 aromatic rings. The molecule has 0 bridgehead atoms. The lowest BCUT2D eigenvalue weighted by Gasteiger charge is -2.43. The van der Waals surface area contributed by atoms with Crippen LogP contribution in [0.15, 0.2) is 6.07 Å². The molecular weight excluding hydrogens is 313 g/mol. The van der Waals surface area contributed by atoms with Gasteiger partial charge in [0.1, 0.15) is 4.34 Å². The van der Waals surface area contributed by atoms with Crippen molar-refractivity contribution in [1.82, 2.24) is 4.90 Å². The summed E-state index contributed by atoms with van der Waals surface area (Å²) in [5.74, 6) is 0.913. The van der Waals surface area contributed by atoms with E-state index in [1.54, 1.807) is 6.07 Å². The second-order valence-corrected chi connectivity index (χ2v) is 8.17. The molecule has 2 heterocycles. The van der Waals surface area contributed by atoms with Gasteiger partial charge >= 0.3 is 0 Å². The molecule has 0 spiro atoms. The lowest BCUT2D eigenvalue weighted by atomic mass is 9.78. The minimum atomic E-state index is 0.115. The topological polar surface area (TPSA) is 20.3 Å². The van der Waals surface area contributed by atoms with Gasteiger partial charge in [0.05, 0.1) is 16.4 Å². The summed E-state index contributed by atoms with van der Waals surface area (Å²) in [5, 5.41) is 0. The molecule has 1 saturated heterocycles. The number of ketones is 1. The molecule has 0 N–H and O–H groups in total. The van der Waals surface area contributed by atoms with Crippen LogP contribution in [0.1, 0.15) is 48.9 Å². The van der Waals surface area contributed by atoms with E-state index in [2.05, 4.69) is 4.90 Å². The van der Waals surface area contributed by atoms with E-state index in [0.29, 0.717) is 26.8 Å². The van der Waals surface area contributed by atoms with E-state index in [-0.39, 0.29) is 5.78 Å². The molecule has 0 aromatic carbocycles. The molecule has 1 aliphatic carbocycles. The molecular formula is C15H19Cl2NOS. The quantitative estimate of drug-likeness (QED) is 0.734. The normalized spacial score (nSPS) is 27.3. The maximum atomic E-state index is 12.4. The van der Waals surface area contributed by atoms with Crippen LogP contribution < -0.4 is 0 Å². The van der Waals surface area contributed by atoms with Gasteiger partial charge in [-0.05, 0) is 44.2 Å². The van der Waals surface area contributed by atoms with Gasteiger partial charge in [-0.1, -0.05) is 36.0 Å². The first kappa shape index (κ1) is 14.8. The Bertz CT molecular complexity index is 500. The molecule has 2 fully saturated rings. The van der Waals surface area contributed by atoms with Crippen LogP contribution in [-0.4, -0.2) is 29.8 Å². The molecule has 2 atom stereocenters. The first-order chi connectivity index (χ1) is 9.65. The van der Waals surface area contributed by atoms with Crippen molar-refractivity contribution in [2.24, 2.45) is 5.92 Å². The number of rotatable bonds is 3. The molecule has 1 aliphatic heterocycles. The summed E-state index contributed by atoms with van der Waals surface area (Å²) in [7, 11) is 0. The largest absolute Gasteiger partial charge is 0.293 e. The van der Waals surface area contributed by atoms with Gasteiger partial charge in [-0.2, -0.15) is 0 Å². The van der Waals surface area contributed by atoms with Crippen LogP contribution in [0.25, 0.3) is 0 Å². The first-order valence-corrected chi connectivity index (χ1v) is 8.94. The minimum absolute atomic E-state index is 0.115. The monoisotopic (exact) mass is 331 g/mol. The highest BCUT2D eigenvalue weighted by Crippen LogP contribution is 2.36. The number of piperidine rings is 1. The number of likely N-dealkylation sites (tertiary alicyclic amines) is 1. The lowest BCUT2D eigenvalue weighted by molar-refractivity contribution is 0.0539. The van der Waals surface area contributed by atoms with Crippen molar-refractivity contribution >= 4 is 40.3 Å². The average Bonchev–Trinajstić information content (AvgIpc) is 2.78. The summed E-state index contributed by atoms with van der Waals surface area (Å²) in [6.45, 7) is 1.54. The molecule has 1 saturated carbocycles. The maximum absolute atomic E-state index is 12.4. The fourth-order valence-corrected chi connectivity index (χ4v) is 5.22. The van der Waals surface area contributed by atoms with Crippen molar-refractivity contribution in [1.29, 1.82) is 0 Å². The Morgan fingerprint density at radius 2 is 2.00 bits per heavy atom. The molecule has 1 aromatic heterocycles. The molecule has 0 radical (unpaired) electrons. The van der Waals surface area contributed by atoms with Crippen LogP contribution in [0, 0.1) is 5.92 Å². The van der Waals surface area contributed by atoms with Crippen molar-refractivity contribution in [3.63, 3.8) is 0 Å². The van der Waals surface area contributed by atoms with Crippen LogP contribution in [0.4, 0.5) is 0 Å². The van der Waals surface area contributed by atoms with Gasteiger partial charge in [0, 0.05) is 6.04 Å². The van der Waals surface area contributed by atoms with Crippen LogP contribution in [0.5, 0.6) is 0 Å². The number of hydrogen-bond donors (Lipinski definition) is 0. The Morgan fingerprint density at radius 3 is 2.75 bits per heavy atom. The van der Waals surface area contributed by atoms with Crippen LogP contribution in [0.3, 0.4) is 0 Å². The summed E-state index contributed by atoms with van der Waals surface area (Å²) in [4.78, 5) is 14.8. The predicted octanol–water partition coefficient (Wildman–Crippen LogP) is 4.89. The molecule has 2 unspecified atom stereocenters. The molecule has 5 heteroatoms. The van der Waals surface area contributed by atoms with Crippen LogP contribution in [0.2, 0.25) is 8.67 Å². The zero-order chi connectivity index (χ0) is 14.1. The Kier molecular flexibility index (Phi) is 4.71. The Balaban J connectivity index is 1.70. The summed E-state index contributed by atoms with van der Waals surface area (Å²) >= 11 is 13.3. The first-order valence-electron chi connectivity index (χ1n) is 7.37. The zero-order valence-corrected chi connectivity index (χ0v) is 13.7. The number of fused-ring (bicyclic) bond motifs is 1. The third kappa shape index (κ3) is 3.06. The highest BCUT2D eigenvalue weighted by Gasteiger charge is 2.34. The summed E-state index contributed by atoms with van der Waals surface area (Å²) < 4.78 is 1.12. The maximum Gasteiger partial charge on any atom is 0.179 e.